The maximum absolute atomic E-state index is 10.2. The highest BCUT2D eigenvalue weighted by atomic mass is 16.4. The van der Waals surface area contributed by atoms with Crippen LogP contribution in [0.15, 0.2) is 0 Å². The molecule has 1 aliphatic heterocycles. The van der Waals surface area contributed by atoms with Gasteiger partial charge in [-0.3, -0.25) is 4.79 Å². The van der Waals surface area contributed by atoms with E-state index in [1.807, 2.05) is 0 Å². The Kier molecular flexibility index (Phi) is 2.84. The molecule has 4 heteroatoms. The van der Waals surface area contributed by atoms with E-state index in [0.29, 0.717) is 13.0 Å². The second-order valence-electron chi connectivity index (χ2n) is 2.92. The normalized spacial score (nSPS) is 30.6. The van der Waals surface area contributed by atoms with E-state index >= 15 is 0 Å². The van der Waals surface area contributed by atoms with E-state index in [-0.39, 0.29) is 18.4 Å². The molecule has 1 saturated heterocycles. The highest BCUT2D eigenvalue weighted by molar-refractivity contribution is 5.66. The van der Waals surface area contributed by atoms with Crippen molar-refractivity contribution in [1.82, 2.24) is 5.32 Å². The van der Waals surface area contributed by atoms with Crippen molar-refractivity contribution < 1.29 is 15.0 Å². The van der Waals surface area contributed by atoms with Crippen LogP contribution in [0.25, 0.3) is 0 Å². The van der Waals surface area contributed by atoms with Gasteiger partial charge in [-0.05, 0) is 12.3 Å². The zero-order valence-electron chi connectivity index (χ0n) is 6.29. The maximum Gasteiger partial charge on any atom is 0.303 e. The second-order valence-corrected chi connectivity index (χ2v) is 2.92. The number of β-amino-alcohol motifs (C(OH)–C–C–N with tert-alkyl or cyclic N) is 1. The third-order valence-corrected chi connectivity index (χ3v) is 2.03. The van der Waals surface area contributed by atoms with Gasteiger partial charge in [0, 0.05) is 19.5 Å². The highest BCUT2D eigenvalue weighted by Crippen LogP contribution is 2.14. The fourth-order valence-electron chi connectivity index (χ4n) is 1.32. The average Bonchev–Trinajstić information content (AvgIpc) is 2.31. The van der Waals surface area contributed by atoms with Crippen molar-refractivity contribution in [2.75, 3.05) is 13.1 Å². The van der Waals surface area contributed by atoms with Gasteiger partial charge in [-0.1, -0.05) is 0 Å². The van der Waals surface area contributed by atoms with Gasteiger partial charge in [0.15, 0.2) is 0 Å². The van der Waals surface area contributed by atoms with Crippen LogP contribution in [0.2, 0.25) is 0 Å². The zero-order valence-corrected chi connectivity index (χ0v) is 6.29. The van der Waals surface area contributed by atoms with E-state index in [0.717, 1.165) is 6.54 Å². The summed E-state index contributed by atoms with van der Waals surface area (Å²) in [7, 11) is 0. The molecule has 1 aliphatic rings. The van der Waals surface area contributed by atoms with Gasteiger partial charge in [-0.2, -0.15) is 0 Å². The first-order chi connectivity index (χ1) is 5.20. The average molecular weight is 159 g/mol. The molecule has 1 rings (SSSR count). The standard InChI is InChI=1S/C7H13NO3/c9-6-4-8-3-5(6)1-2-7(10)11/h5-6,8-9H,1-4H2,(H,10,11)/t5-,6-/m0/s1. The molecule has 1 fully saturated rings. The molecule has 0 unspecified atom stereocenters. The lowest BCUT2D eigenvalue weighted by molar-refractivity contribution is -0.137. The third-order valence-electron chi connectivity index (χ3n) is 2.03. The molecule has 0 aromatic rings. The molecule has 0 radical (unpaired) electrons. The van der Waals surface area contributed by atoms with Crippen LogP contribution in [0.4, 0.5) is 0 Å². The minimum absolute atomic E-state index is 0.131. The van der Waals surface area contributed by atoms with Crippen LogP contribution in [-0.4, -0.2) is 35.4 Å². The van der Waals surface area contributed by atoms with Crippen LogP contribution in [0.5, 0.6) is 0 Å². The first-order valence-corrected chi connectivity index (χ1v) is 3.80. The lowest BCUT2D eigenvalue weighted by Crippen LogP contribution is -2.18. The van der Waals surface area contributed by atoms with Gasteiger partial charge in [0.1, 0.15) is 0 Å². The first-order valence-electron chi connectivity index (χ1n) is 3.80. The summed E-state index contributed by atoms with van der Waals surface area (Å²) in [4.78, 5) is 10.2. The number of carboxylic acids is 1. The number of aliphatic carboxylic acids is 1. The topological polar surface area (TPSA) is 69.6 Å². The Morgan fingerprint density at radius 3 is 2.73 bits per heavy atom. The zero-order chi connectivity index (χ0) is 8.27. The number of carbonyl (C=O) groups is 1. The van der Waals surface area contributed by atoms with Crippen LogP contribution >= 0.6 is 0 Å². The molecule has 3 N–H and O–H groups in total. The third kappa shape index (κ3) is 2.48. The van der Waals surface area contributed by atoms with Gasteiger partial charge < -0.3 is 15.5 Å². The van der Waals surface area contributed by atoms with Crippen LogP contribution in [-0.2, 0) is 4.79 Å². The summed E-state index contributed by atoms with van der Waals surface area (Å²) in [5.74, 6) is -0.657. The summed E-state index contributed by atoms with van der Waals surface area (Å²) in [6.07, 6.45) is 0.377. The highest BCUT2D eigenvalue weighted by Gasteiger charge is 2.24. The minimum atomic E-state index is -0.788. The van der Waals surface area contributed by atoms with Crippen molar-refractivity contribution in [3.63, 3.8) is 0 Å². The molecule has 0 spiro atoms. The first kappa shape index (κ1) is 8.49. The molecular formula is C7H13NO3. The fourth-order valence-corrected chi connectivity index (χ4v) is 1.32. The van der Waals surface area contributed by atoms with Gasteiger partial charge in [0.05, 0.1) is 6.10 Å². The number of carboxylic acid groups (broad SMARTS) is 1. The number of aliphatic hydroxyl groups excluding tert-OH is 1. The second kappa shape index (κ2) is 3.69. The Balaban J connectivity index is 2.20. The van der Waals surface area contributed by atoms with Gasteiger partial charge in [0.2, 0.25) is 0 Å². The van der Waals surface area contributed by atoms with Gasteiger partial charge in [0.25, 0.3) is 0 Å². The molecule has 2 atom stereocenters. The van der Waals surface area contributed by atoms with Crippen LogP contribution in [0.3, 0.4) is 0 Å². The van der Waals surface area contributed by atoms with Gasteiger partial charge in [-0.15, -0.1) is 0 Å². The van der Waals surface area contributed by atoms with Crippen molar-refractivity contribution in [2.45, 2.75) is 18.9 Å². The molecule has 0 bridgehead atoms. The molecule has 0 aliphatic carbocycles. The van der Waals surface area contributed by atoms with E-state index in [2.05, 4.69) is 5.32 Å². The lowest BCUT2D eigenvalue weighted by atomic mass is 10.0. The van der Waals surface area contributed by atoms with Gasteiger partial charge in [-0.25, -0.2) is 0 Å². The molecule has 0 aromatic carbocycles. The van der Waals surface area contributed by atoms with Gasteiger partial charge >= 0.3 is 5.97 Å². The summed E-state index contributed by atoms with van der Waals surface area (Å²) in [6, 6.07) is 0. The number of hydrogen-bond donors (Lipinski definition) is 3. The van der Waals surface area contributed by atoms with Crippen LogP contribution < -0.4 is 5.32 Å². The molecular weight excluding hydrogens is 146 g/mol. The van der Waals surface area contributed by atoms with Crippen molar-refractivity contribution >= 4 is 5.97 Å². The summed E-state index contributed by atoms with van der Waals surface area (Å²) < 4.78 is 0. The predicted octanol–water partition coefficient (Wildman–Crippen LogP) is -0.569. The molecule has 11 heavy (non-hydrogen) atoms. The van der Waals surface area contributed by atoms with Crippen LogP contribution in [0.1, 0.15) is 12.8 Å². The van der Waals surface area contributed by atoms with E-state index in [9.17, 15) is 9.90 Å². The van der Waals surface area contributed by atoms with Crippen molar-refractivity contribution in [1.29, 1.82) is 0 Å². The SMILES string of the molecule is O=C(O)CC[C@H]1CNC[C@@H]1O. The smallest absolute Gasteiger partial charge is 0.303 e. The van der Waals surface area contributed by atoms with E-state index in [1.54, 1.807) is 0 Å². The Labute approximate surface area is 65.2 Å². The quantitative estimate of drug-likeness (QED) is 0.516. The number of nitrogens with one attached hydrogen (secondary N) is 1. The van der Waals surface area contributed by atoms with Crippen molar-refractivity contribution in [2.24, 2.45) is 5.92 Å². The number of hydrogen-bond acceptors (Lipinski definition) is 3. The molecule has 4 nitrogen and oxygen atoms in total. The largest absolute Gasteiger partial charge is 0.481 e. The molecule has 0 saturated carbocycles. The van der Waals surface area contributed by atoms with Crippen molar-refractivity contribution in [3.8, 4) is 0 Å². The van der Waals surface area contributed by atoms with E-state index in [4.69, 9.17) is 5.11 Å². The molecule has 0 aromatic heterocycles. The molecule has 0 amide bonds. The van der Waals surface area contributed by atoms with Crippen molar-refractivity contribution in [3.05, 3.63) is 0 Å². The summed E-state index contributed by atoms with van der Waals surface area (Å²) in [5, 5.41) is 20.6. The summed E-state index contributed by atoms with van der Waals surface area (Å²) in [5.41, 5.74) is 0. The molecule has 64 valence electrons. The lowest BCUT2D eigenvalue weighted by Gasteiger charge is -2.10. The fraction of sp³-hybridized carbons (Fsp3) is 0.857. The predicted molar refractivity (Wildman–Crippen MR) is 39.2 cm³/mol. The molecule has 1 heterocycles. The summed E-state index contributed by atoms with van der Waals surface area (Å²) >= 11 is 0. The maximum atomic E-state index is 10.2. The Bertz CT molecular complexity index is 149. The Morgan fingerprint density at radius 1 is 1.55 bits per heavy atom. The van der Waals surface area contributed by atoms with Crippen LogP contribution in [0, 0.1) is 5.92 Å². The monoisotopic (exact) mass is 159 g/mol. The summed E-state index contributed by atoms with van der Waals surface area (Å²) in [6.45, 7) is 1.35. The Morgan fingerprint density at radius 2 is 2.27 bits per heavy atom. The Hall–Kier alpha value is -0.610. The van der Waals surface area contributed by atoms with E-state index < -0.39 is 5.97 Å². The van der Waals surface area contributed by atoms with E-state index in [1.165, 1.54) is 0 Å². The minimum Gasteiger partial charge on any atom is -0.481 e. The number of rotatable bonds is 3. The number of aliphatic hydroxyl groups is 1.